The summed E-state index contributed by atoms with van der Waals surface area (Å²) in [4.78, 5) is 4.80. The second kappa shape index (κ2) is 18.1. The number of terminal acetylenes is 1. The fourth-order valence-corrected chi connectivity index (χ4v) is 6.57. The first-order valence-corrected chi connectivity index (χ1v) is 18.2. The summed E-state index contributed by atoms with van der Waals surface area (Å²) in [6, 6.07) is 51.5. The summed E-state index contributed by atoms with van der Waals surface area (Å²) in [6.45, 7) is 8.25. The summed E-state index contributed by atoms with van der Waals surface area (Å²) in [7, 11) is 1.50. The lowest BCUT2D eigenvalue weighted by molar-refractivity contribution is -0.598. The summed E-state index contributed by atoms with van der Waals surface area (Å²) in [5.41, 5.74) is 18.2. The maximum atomic E-state index is 4.80. The molecule has 0 radical (unpaired) electrons. The highest BCUT2D eigenvalue weighted by Gasteiger charge is 2.32. The molecule has 5 nitrogen and oxygen atoms in total. The van der Waals surface area contributed by atoms with Crippen LogP contribution in [0.2, 0.25) is 0 Å². The number of aromatic nitrogens is 3. The number of nitrogens with one attached hydrogen (secondary N) is 1. The van der Waals surface area contributed by atoms with Gasteiger partial charge in [0.15, 0.2) is 6.20 Å². The van der Waals surface area contributed by atoms with Crippen molar-refractivity contribution in [3.8, 4) is 57.9 Å². The van der Waals surface area contributed by atoms with E-state index in [0.717, 1.165) is 28.3 Å². The zero-order chi connectivity index (χ0) is 37.7. The number of para-hydroxylation sites is 3. The number of fused-ring (bicyclic) bond motifs is 7. The molecule has 5 heteroatoms. The van der Waals surface area contributed by atoms with Crippen molar-refractivity contribution in [1.82, 2.24) is 9.55 Å². The van der Waals surface area contributed by atoms with Gasteiger partial charge in [0.05, 0.1) is 22.4 Å². The molecule has 0 atom stereocenters. The molecule has 0 amide bonds. The van der Waals surface area contributed by atoms with Crippen LogP contribution in [-0.4, -0.2) is 16.6 Å². The van der Waals surface area contributed by atoms with Crippen LogP contribution in [0.25, 0.3) is 66.8 Å². The van der Waals surface area contributed by atoms with Crippen molar-refractivity contribution < 1.29 is 4.57 Å². The van der Waals surface area contributed by atoms with Crippen LogP contribution in [-0.2, 0) is 0 Å². The van der Waals surface area contributed by atoms with E-state index in [4.69, 9.17) is 4.98 Å². The Hall–Kier alpha value is -6.48. The molecule has 1 aliphatic heterocycles. The summed E-state index contributed by atoms with van der Waals surface area (Å²) in [6.07, 6.45) is 13.4. The lowest BCUT2D eigenvalue weighted by Gasteiger charge is -2.15. The van der Waals surface area contributed by atoms with Crippen molar-refractivity contribution >= 4 is 33.2 Å². The Balaban J connectivity index is 0.000000558. The molecular formula is C48H48N5+. The van der Waals surface area contributed by atoms with E-state index in [0.29, 0.717) is 0 Å². The van der Waals surface area contributed by atoms with Gasteiger partial charge in [0.25, 0.3) is 0 Å². The zero-order valence-electron chi connectivity index (χ0n) is 31.3. The molecule has 1 aliphatic rings. The molecule has 4 heterocycles. The molecule has 0 aliphatic carbocycles. The van der Waals surface area contributed by atoms with Crippen LogP contribution in [0.3, 0.4) is 0 Å². The topological polar surface area (TPSA) is 59.8 Å². The van der Waals surface area contributed by atoms with Crippen molar-refractivity contribution in [3.05, 3.63) is 158 Å². The number of hydrogen-bond donors (Lipinski definition) is 2. The molecule has 5 aromatic carbocycles. The fourth-order valence-electron chi connectivity index (χ4n) is 6.57. The molecule has 0 fully saturated rings. The van der Waals surface area contributed by atoms with E-state index >= 15 is 0 Å². The molecule has 0 bridgehead atoms. The van der Waals surface area contributed by atoms with E-state index < -0.39 is 0 Å². The van der Waals surface area contributed by atoms with E-state index in [2.05, 4.69) is 174 Å². The lowest BCUT2D eigenvalue weighted by Crippen LogP contribution is -2.41. The zero-order valence-corrected chi connectivity index (χ0v) is 31.3. The molecule has 53 heavy (non-hydrogen) atoms. The highest BCUT2D eigenvalue weighted by Crippen LogP contribution is 2.38. The number of nitrogens with two attached hydrogens (primary N) is 1. The quantitative estimate of drug-likeness (QED) is 0.139. The predicted octanol–water partition coefficient (Wildman–Crippen LogP) is 11.8. The van der Waals surface area contributed by atoms with Crippen LogP contribution in [0.5, 0.6) is 0 Å². The molecule has 264 valence electrons. The van der Waals surface area contributed by atoms with Crippen LogP contribution in [0, 0.1) is 12.8 Å². The summed E-state index contributed by atoms with van der Waals surface area (Å²) < 4.78 is 4.66. The van der Waals surface area contributed by atoms with Gasteiger partial charge in [-0.3, -0.25) is 4.98 Å². The van der Waals surface area contributed by atoms with Crippen molar-refractivity contribution in [2.45, 2.75) is 34.1 Å². The van der Waals surface area contributed by atoms with Crippen LogP contribution >= 0.6 is 0 Å². The van der Waals surface area contributed by atoms with Gasteiger partial charge in [-0.2, -0.15) is 4.57 Å². The van der Waals surface area contributed by atoms with Crippen LogP contribution < -0.4 is 15.6 Å². The Bertz CT molecular complexity index is 2440. The van der Waals surface area contributed by atoms with Gasteiger partial charge in [-0.25, -0.2) is 0 Å². The van der Waals surface area contributed by atoms with Gasteiger partial charge in [0.1, 0.15) is 5.56 Å². The Morgan fingerprint density at radius 3 is 2.11 bits per heavy atom. The highest BCUT2D eigenvalue weighted by molar-refractivity contribution is 6.10. The average Bonchev–Trinajstić information content (AvgIpc) is 3.57. The molecule has 8 aromatic rings. The van der Waals surface area contributed by atoms with E-state index in [1.54, 1.807) is 0 Å². The van der Waals surface area contributed by atoms with Gasteiger partial charge in [-0.05, 0) is 79.3 Å². The molecule has 0 saturated carbocycles. The van der Waals surface area contributed by atoms with Gasteiger partial charge >= 0.3 is 0 Å². The second-order valence-corrected chi connectivity index (χ2v) is 11.9. The maximum Gasteiger partial charge on any atom is 0.225 e. The molecule has 3 aromatic heterocycles. The van der Waals surface area contributed by atoms with Crippen molar-refractivity contribution in [3.63, 3.8) is 0 Å². The largest absolute Gasteiger partial charge is 0.354 e. The first-order chi connectivity index (χ1) is 26.2. The molecule has 9 rings (SSSR count). The van der Waals surface area contributed by atoms with E-state index in [9.17, 15) is 0 Å². The Labute approximate surface area is 314 Å². The first kappa shape index (κ1) is 37.8. The minimum atomic E-state index is 0.918. The van der Waals surface area contributed by atoms with E-state index in [1.165, 1.54) is 63.3 Å². The Morgan fingerprint density at radius 2 is 1.32 bits per heavy atom. The number of hydrogen-bond acceptors (Lipinski definition) is 3. The SMILES string of the molecule is C#C.CC.CCC.CN.c1ccc(Nc2cccnc2-c2cccc(-n3c4ccccc4c4cc(-c5ccc6[n+](c5)-c5ccccc5-6)ccc43)c2)cc1. The summed E-state index contributed by atoms with van der Waals surface area (Å²) in [5.74, 6) is 0. The molecular weight excluding hydrogens is 647 g/mol. The minimum Gasteiger partial charge on any atom is -0.354 e. The van der Waals surface area contributed by atoms with Crippen LogP contribution in [0.1, 0.15) is 34.1 Å². The Morgan fingerprint density at radius 1 is 0.642 bits per heavy atom. The van der Waals surface area contributed by atoms with Gasteiger partial charge < -0.3 is 15.6 Å². The molecule has 3 N–H and O–H groups in total. The molecule has 0 unspecified atom stereocenters. The Kier molecular flexibility index (Phi) is 12.9. The van der Waals surface area contributed by atoms with Gasteiger partial charge in [-0.1, -0.05) is 101 Å². The van der Waals surface area contributed by atoms with Crippen molar-refractivity contribution in [2.75, 3.05) is 12.4 Å². The number of rotatable bonds is 5. The van der Waals surface area contributed by atoms with Crippen molar-refractivity contribution in [2.24, 2.45) is 5.73 Å². The second-order valence-electron chi connectivity index (χ2n) is 11.9. The molecule has 0 saturated heterocycles. The first-order valence-electron chi connectivity index (χ1n) is 18.2. The predicted molar refractivity (Wildman–Crippen MR) is 227 cm³/mol. The fraction of sp³-hybridized carbons (Fsp3) is 0.125. The van der Waals surface area contributed by atoms with Crippen LogP contribution in [0.4, 0.5) is 11.4 Å². The van der Waals surface area contributed by atoms with Gasteiger partial charge in [-0.15, -0.1) is 12.8 Å². The van der Waals surface area contributed by atoms with E-state index in [1.807, 2.05) is 44.3 Å². The van der Waals surface area contributed by atoms with Gasteiger partial charge in [0, 0.05) is 51.6 Å². The smallest absolute Gasteiger partial charge is 0.225 e. The number of nitrogens with zero attached hydrogens (tertiary/aromatic N) is 3. The monoisotopic (exact) mass is 694 g/mol. The number of benzene rings is 5. The maximum absolute atomic E-state index is 4.80. The third-order valence-electron chi connectivity index (χ3n) is 8.63. The summed E-state index contributed by atoms with van der Waals surface area (Å²) >= 11 is 0. The highest BCUT2D eigenvalue weighted by atomic mass is 15.0. The number of anilines is 2. The minimum absolute atomic E-state index is 0.918. The summed E-state index contributed by atoms with van der Waals surface area (Å²) in [5, 5.41) is 6.03. The van der Waals surface area contributed by atoms with Gasteiger partial charge in [0.2, 0.25) is 11.4 Å². The third-order valence-corrected chi connectivity index (χ3v) is 8.63. The normalized spacial score (nSPS) is 10.3. The number of pyridine rings is 2. The van der Waals surface area contributed by atoms with E-state index in [-0.39, 0.29) is 0 Å². The average molecular weight is 695 g/mol. The third kappa shape index (κ3) is 7.60. The lowest BCUT2D eigenvalue weighted by atomic mass is 9.97. The molecule has 0 spiro atoms. The van der Waals surface area contributed by atoms with Crippen LogP contribution in [0.15, 0.2) is 158 Å². The standard InChI is InChI=1S/C40H27N4.C3H8.C2H6.C2H2.CH5N/c1-2-11-30(12-3-1)42-35-16-9-23-41-40(35)28-10-8-13-31(24-28)44-38-18-7-4-14-32(38)34-25-27(19-22-39(34)44)29-20-21-37-33-15-5-6-17-36(33)43(37)26-29;1-3-2;3*1-2/h1-26,42H;3H2,1-2H3;1-2H3;1-2H;2H2,1H3/q+1;;;;. The van der Waals surface area contributed by atoms with Crippen molar-refractivity contribution in [1.29, 1.82) is 0 Å².